The molecule has 0 rings (SSSR count). The van der Waals surface area contributed by atoms with Crippen LogP contribution in [0, 0.1) is 0 Å². The Morgan fingerprint density at radius 3 is 2.62 bits per heavy atom. The molecule has 0 heterocycles. The van der Waals surface area contributed by atoms with Crippen molar-refractivity contribution in [2.45, 2.75) is 39.5 Å². The predicted molar refractivity (Wildman–Crippen MR) is 53.5 cm³/mol. The molecule has 0 aromatic carbocycles. The minimum absolute atomic E-state index is 0.357. The molecule has 13 heavy (non-hydrogen) atoms. The number of unbranched alkanes of at least 4 members (excludes halogenated alkanes) is 3. The van der Waals surface area contributed by atoms with Crippen molar-refractivity contribution in [1.29, 1.82) is 0 Å². The lowest BCUT2D eigenvalue weighted by molar-refractivity contribution is -0.132. The summed E-state index contributed by atoms with van der Waals surface area (Å²) in [6, 6.07) is 0. The van der Waals surface area contributed by atoms with E-state index in [0.717, 1.165) is 13.0 Å². The Bertz CT molecular complexity index is 176. The topological polar surface area (TPSA) is 49.3 Å². The smallest absolute Gasteiger partial charge is 0.332 e. The quantitative estimate of drug-likeness (QED) is 0.472. The zero-order chi connectivity index (χ0) is 10.1. The molecule has 0 saturated carbocycles. The lowest BCUT2D eigenvalue weighted by Gasteiger charge is -2.00. The van der Waals surface area contributed by atoms with Gasteiger partial charge in [-0.2, -0.15) is 0 Å². The van der Waals surface area contributed by atoms with Gasteiger partial charge in [0.05, 0.1) is 0 Å². The largest absolute Gasteiger partial charge is 0.478 e. The summed E-state index contributed by atoms with van der Waals surface area (Å²) >= 11 is 0. The van der Waals surface area contributed by atoms with Gasteiger partial charge in [-0.25, -0.2) is 4.79 Å². The van der Waals surface area contributed by atoms with Crippen LogP contribution in [-0.2, 0) is 4.79 Å². The average Bonchev–Trinajstić information content (AvgIpc) is 2.10. The average molecular weight is 185 g/mol. The van der Waals surface area contributed by atoms with Crippen molar-refractivity contribution < 1.29 is 9.90 Å². The second kappa shape index (κ2) is 7.65. The maximum Gasteiger partial charge on any atom is 0.332 e. The third kappa shape index (κ3) is 7.37. The molecule has 0 aliphatic rings. The summed E-state index contributed by atoms with van der Waals surface area (Å²) in [6.45, 7) is 4.62. The molecule has 0 saturated heterocycles. The van der Waals surface area contributed by atoms with Crippen molar-refractivity contribution in [2.75, 3.05) is 6.54 Å². The van der Waals surface area contributed by atoms with Crippen LogP contribution in [0.1, 0.15) is 39.5 Å². The summed E-state index contributed by atoms with van der Waals surface area (Å²) in [5, 5.41) is 11.5. The van der Waals surface area contributed by atoms with E-state index < -0.39 is 5.97 Å². The van der Waals surface area contributed by atoms with E-state index in [-0.39, 0.29) is 0 Å². The van der Waals surface area contributed by atoms with E-state index in [4.69, 9.17) is 5.11 Å². The minimum atomic E-state index is -0.860. The summed E-state index contributed by atoms with van der Waals surface area (Å²) < 4.78 is 0. The van der Waals surface area contributed by atoms with Crippen LogP contribution >= 0.6 is 0 Å². The van der Waals surface area contributed by atoms with E-state index in [2.05, 4.69) is 12.2 Å². The van der Waals surface area contributed by atoms with Crippen molar-refractivity contribution in [3.05, 3.63) is 11.8 Å². The SMILES string of the molecule is CCCCCCNC=C(C)C(=O)O. The monoisotopic (exact) mass is 185 g/mol. The molecule has 0 atom stereocenters. The Balaban J connectivity index is 3.34. The highest BCUT2D eigenvalue weighted by Gasteiger charge is 1.96. The van der Waals surface area contributed by atoms with Gasteiger partial charge in [0, 0.05) is 18.3 Å². The molecular weight excluding hydrogens is 166 g/mol. The molecule has 2 N–H and O–H groups in total. The Kier molecular flexibility index (Phi) is 7.07. The number of carboxylic acids is 1. The molecule has 0 spiro atoms. The number of nitrogens with one attached hydrogen (secondary N) is 1. The van der Waals surface area contributed by atoms with E-state index in [1.165, 1.54) is 19.3 Å². The lowest BCUT2D eigenvalue weighted by Crippen LogP contribution is -2.10. The highest BCUT2D eigenvalue weighted by Crippen LogP contribution is 1.97. The number of carbonyl (C=O) groups is 1. The summed E-state index contributed by atoms with van der Waals surface area (Å²) in [5.41, 5.74) is 0.357. The summed E-state index contributed by atoms with van der Waals surface area (Å²) in [7, 11) is 0. The fourth-order valence-electron chi connectivity index (χ4n) is 0.941. The zero-order valence-corrected chi connectivity index (χ0v) is 8.47. The Morgan fingerprint density at radius 1 is 1.38 bits per heavy atom. The molecule has 3 nitrogen and oxygen atoms in total. The van der Waals surface area contributed by atoms with E-state index in [0.29, 0.717) is 5.57 Å². The van der Waals surface area contributed by atoms with Gasteiger partial charge in [-0.05, 0) is 13.3 Å². The van der Waals surface area contributed by atoms with Gasteiger partial charge in [0.25, 0.3) is 0 Å². The molecule has 3 heteroatoms. The number of hydrogen-bond donors (Lipinski definition) is 2. The third-order valence-electron chi connectivity index (χ3n) is 1.83. The van der Waals surface area contributed by atoms with Crippen LogP contribution in [0.3, 0.4) is 0 Å². The Hall–Kier alpha value is -0.990. The molecule has 0 bridgehead atoms. The van der Waals surface area contributed by atoms with Crippen LogP contribution in [0.15, 0.2) is 11.8 Å². The van der Waals surface area contributed by atoms with Gasteiger partial charge < -0.3 is 10.4 Å². The normalized spacial score (nSPS) is 11.4. The predicted octanol–water partition coefficient (Wildman–Crippen LogP) is 2.14. The molecule has 0 unspecified atom stereocenters. The maximum absolute atomic E-state index is 10.4. The van der Waals surface area contributed by atoms with Gasteiger partial charge in [0.15, 0.2) is 0 Å². The van der Waals surface area contributed by atoms with Crippen molar-refractivity contribution >= 4 is 5.97 Å². The van der Waals surface area contributed by atoms with Crippen molar-refractivity contribution in [1.82, 2.24) is 5.32 Å². The second-order valence-corrected chi connectivity index (χ2v) is 3.15. The van der Waals surface area contributed by atoms with Gasteiger partial charge in [0.1, 0.15) is 0 Å². The molecule has 0 radical (unpaired) electrons. The van der Waals surface area contributed by atoms with Crippen LogP contribution in [0.2, 0.25) is 0 Å². The molecule has 0 aliphatic carbocycles. The van der Waals surface area contributed by atoms with Gasteiger partial charge in [-0.15, -0.1) is 0 Å². The van der Waals surface area contributed by atoms with Crippen LogP contribution in [0.25, 0.3) is 0 Å². The van der Waals surface area contributed by atoms with Crippen LogP contribution < -0.4 is 5.32 Å². The first-order valence-corrected chi connectivity index (χ1v) is 4.82. The zero-order valence-electron chi connectivity index (χ0n) is 8.47. The van der Waals surface area contributed by atoms with E-state index in [1.54, 1.807) is 13.1 Å². The molecule has 0 aromatic rings. The first-order chi connectivity index (χ1) is 6.18. The Labute approximate surface area is 79.8 Å². The highest BCUT2D eigenvalue weighted by molar-refractivity contribution is 5.85. The number of hydrogen-bond acceptors (Lipinski definition) is 2. The lowest BCUT2D eigenvalue weighted by atomic mass is 10.2. The molecular formula is C10H19NO2. The van der Waals surface area contributed by atoms with E-state index in [1.807, 2.05) is 0 Å². The van der Waals surface area contributed by atoms with Gasteiger partial charge in [-0.3, -0.25) is 0 Å². The van der Waals surface area contributed by atoms with E-state index in [9.17, 15) is 4.79 Å². The van der Waals surface area contributed by atoms with Gasteiger partial charge in [-0.1, -0.05) is 26.2 Å². The summed E-state index contributed by atoms with van der Waals surface area (Å²) in [6.07, 6.45) is 6.36. The summed E-state index contributed by atoms with van der Waals surface area (Å²) in [5.74, 6) is -0.860. The fourth-order valence-corrected chi connectivity index (χ4v) is 0.941. The Morgan fingerprint density at radius 2 is 2.08 bits per heavy atom. The number of rotatable bonds is 7. The molecule has 0 amide bonds. The highest BCUT2D eigenvalue weighted by atomic mass is 16.4. The number of carboxylic acid groups (broad SMARTS) is 1. The van der Waals surface area contributed by atoms with Gasteiger partial charge in [0.2, 0.25) is 0 Å². The third-order valence-corrected chi connectivity index (χ3v) is 1.83. The maximum atomic E-state index is 10.4. The van der Waals surface area contributed by atoms with Crippen molar-refractivity contribution in [3.8, 4) is 0 Å². The second-order valence-electron chi connectivity index (χ2n) is 3.15. The fraction of sp³-hybridized carbons (Fsp3) is 0.700. The molecule has 0 fully saturated rings. The first kappa shape index (κ1) is 12.0. The molecule has 0 aromatic heterocycles. The van der Waals surface area contributed by atoms with E-state index >= 15 is 0 Å². The number of aliphatic carboxylic acids is 1. The van der Waals surface area contributed by atoms with Crippen LogP contribution in [0.5, 0.6) is 0 Å². The standard InChI is InChI=1S/C10H19NO2/c1-3-4-5-6-7-11-8-9(2)10(12)13/h8,11H,3-7H2,1-2H3,(H,12,13). The van der Waals surface area contributed by atoms with Crippen molar-refractivity contribution in [2.24, 2.45) is 0 Å². The first-order valence-electron chi connectivity index (χ1n) is 4.82. The van der Waals surface area contributed by atoms with Crippen molar-refractivity contribution in [3.63, 3.8) is 0 Å². The van der Waals surface area contributed by atoms with Gasteiger partial charge >= 0.3 is 5.97 Å². The molecule has 0 aliphatic heterocycles. The molecule has 76 valence electrons. The van der Waals surface area contributed by atoms with Crippen LogP contribution in [-0.4, -0.2) is 17.6 Å². The van der Waals surface area contributed by atoms with Crippen LogP contribution in [0.4, 0.5) is 0 Å². The minimum Gasteiger partial charge on any atom is -0.478 e. The summed E-state index contributed by atoms with van der Waals surface area (Å²) in [4.78, 5) is 10.4.